The molecule has 0 radical (unpaired) electrons. The molecule has 11 nitrogen and oxygen atoms in total. The molecule has 0 bridgehead atoms. The van der Waals surface area contributed by atoms with Gasteiger partial charge in [0.2, 0.25) is 11.9 Å². The van der Waals surface area contributed by atoms with Crippen molar-refractivity contribution in [2.24, 2.45) is 0 Å². The summed E-state index contributed by atoms with van der Waals surface area (Å²) in [6.45, 7) is 7.46. The molecule has 9 aromatic rings. The summed E-state index contributed by atoms with van der Waals surface area (Å²) < 4.78 is 80.9. The largest absolute Gasteiger partial charge is 0 e. The Hall–Kier alpha value is -5.89. The van der Waals surface area contributed by atoms with Crippen LogP contribution < -0.4 is 21.5 Å². The van der Waals surface area contributed by atoms with Gasteiger partial charge >= 0.3 is 35.3 Å². The molecule has 3 aromatic carbocycles. The van der Waals surface area contributed by atoms with Crippen molar-refractivity contribution in [1.82, 2.24) is 29.9 Å². The number of hydrogen-bond donors (Lipinski definition) is 2. The van der Waals surface area contributed by atoms with Gasteiger partial charge in [-0.15, -0.1) is 6.07 Å². The first-order valence-corrected chi connectivity index (χ1v) is 31.2. The second kappa shape index (κ2) is 27.4. The fourth-order valence-electron chi connectivity index (χ4n) is 7.19. The summed E-state index contributed by atoms with van der Waals surface area (Å²) in [5.74, 6) is -3.82. The average molecular weight is 1470 g/mol. The number of halogens is 6. The smallest absolute Gasteiger partial charge is 0 e. The van der Waals surface area contributed by atoms with Crippen LogP contribution in [0.15, 0.2) is 182 Å². The number of nitriles is 1. The van der Waals surface area contributed by atoms with E-state index in [1.54, 1.807) is 133 Å². The van der Waals surface area contributed by atoms with Gasteiger partial charge < -0.3 is 14.8 Å². The Bertz CT molecular complexity index is 3340. The molecule has 2 N–H and O–H groups in total. The second-order valence-corrected chi connectivity index (χ2v) is 24.6. The SMILES string of the molecule is CC(C)(c1cccc(-c2[c-]cc(F)nc2F)n1)c1cccc(P(=O)(O)c2ccccc2)n1.CC(C)(c1cccc(-c2ccc(F)nc2F)n1)c1cccc(P(=O)(O)c2ccccc2)n1.N#Cc1ccccc1.[Cl][Pt][Cl].[Pt]. The third kappa shape index (κ3) is 15.2. The first kappa shape index (κ1) is 61.0. The van der Waals surface area contributed by atoms with E-state index in [0.717, 1.165) is 12.1 Å². The van der Waals surface area contributed by atoms with Gasteiger partial charge in [-0.3, -0.25) is 19.1 Å². The van der Waals surface area contributed by atoms with Crippen molar-refractivity contribution in [3.8, 4) is 28.6 Å². The van der Waals surface area contributed by atoms with Crippen LogP contribution in [0.4, 0.5) is 17.6 Å². The summed E-state index contributed by atoms with van der Waals surface area (Å²) in [6, 6.07) is 53.7. The first-order chi connectivity index (χ1) is 35.7. The molecular weight excluding hydrogens is 1420 g/mol. The molecule has 21 heteroatoms. The maximum Gasteiger partial charge on any atom is 0 e. The third-order valence-corrected chi connectivity index (χ3v) is 15.1. The Labute approximate surface area is 468 Å². The van der Waals surface area contributed by atoms with E-state index in [9.17, 15) is 36.5 Å². The number of hydrogen-bond acceptors (Lipinski definition) is 9. The molecule has 9 rings (SSSR count). The molecule has 0 spiro atoms. The van der Waals surface area contributed by atoms with E-state index in [1.165, 1.54) is 18.2 Å². The van der Waals surface area contributed by atoms with Crippen LogP contribution in [0.2, 0.25) is 0 Å². The third-order valence-electron chi connectivity index (χ3n) is 11.4. The molecule has 0 saturated carbocycles. The number of pyridine rings is 6. The van der Waals surface area contributed by atoms with Crippen LogP contribution in [0.5, 0.6) is 0 Å². The minimum Gasteiger partial charge on any atom is 0 e. The van der Waals surface area contributed by atoms with Crippen molar-refractivity contribution < 1.29 is 74.0 Å². The Balaban J connectivity index is 0.000000231. The maximum atomic E-state index is 14.2. The van der Waals surface area contributed by atoms with Crippen LogP contribution in [0.25, 0.3) is 22.5 Å². The molecule has 0 aliphatic carbocycles. The van der Waals surface area contributed by atoms with Gasteiger partial charge in [-0.25, -0.2) is 18.7 Å². The topological polar surface area (TPSA) is 176 Å². The quantitative estimate of drug-likeness (QED) is 0.0577. The zero-order valence-electron chi connectivity index (χ0n) is 40.5. The predicted molar refractivity (Wildman–Crippen MR) is 280 cm³/mol. The van der Waals surface area contributed by atoms with Crippen molar-refractivity contribution in [2.75, 3.05) is 0 Å². The molecule has 6 heterocycles. The second-order valence-electron chi connectivity index (χ2n) is 17.0. The number of rotatable bonds is 10. The zero-order valence-corrected chi connectivity index (χ0v) is 48.3. The van der Waals surface area contributed by atoms with Crippen LogP contribution in [-0.2, 0) is 57.5 Å². The predicted octanol–water partition coefficient (Wildman–Crippen LogP) is 11.5. The van der Waals surface area contributed by atoms with Crippen molar-refractivity contribution in [3.63, 3.8) is 0 Å². The molecule has 396 valence electrons. The summed E-state index contributed by atoms with van der Waals surface area (Å²) in [5, 5.41) is 8.87. The minimum atomic E-state index is -3.88. The maximum absolute atomic E-state index is 14.2. The van der Waals surface area contributed by atoms with E-state index in [0.29, 0.717) is 39.3 Å². The number of benzene rings is 3. The molecule has 0 aliphatic rings. The van der Waals surface area contributed by atoms with Gasteiger partial charge in [-0.2, -0.15) is 19.0 Å². The van der Waals surface area contributed by atoms with Crippen molar-refractivity contribution in [3.05, 3.63) is 240 Å². The van der Waals surface area contributed by atoms with E-state index < -0.39 is 65.8 Å². The molecule has 0 fully saturated rings. The van der Waals surface area contributed by atoms with Gasteiger partial charge in [-0.05, 0) is 124 Å². The molecule has 0 amide bonds. The Morgan fingerprint density at radius 2 is 0.908 bits per heavy atom. The average Bonchev–Trinajstić information content (AvgIpc) is 3.42. The van der Waals surface area contributed by atoms with Gasteiger partial charge in [0, 0.05) is 48.2 Å². The van der Waals surface area contributed by atoms with Gasteiger partial charge in [0.15, 0.2) is 0 Å². The first-order valence-electron chi connectivity index (χ1n) is 22.3. The molecule has 0 saturated heterocycles. The normalized spacial score (nSPS) is 12.5. The Morgan fingerprint density at radius 1 is 0.513 bits per heavy atom. The standard InChI is InChI=1S/C24H20F2N3O2P.C24H19F2N3O2P.C7H5N.2ClH.2Pt/c2*1-24(2,19-11-6-10-18(27-19)17-14-15-21(25)29-23(17)26)20-12-7-13-22(28-20)32(30,31)16-8-4-3-5-9-16;8-6-7-4-2-1-3-5-7;;;;/h3-15H,1-2H3,(H,30,31);3-13,15H,1-2H3,(H,30,31);1-5H;2*1H;;/q;-1;;;;;+2/p-2. The van der Waals surface area contributed by atoms with E-state index in [-0.39, 0.29) is 54.1 Å². The van der Waals surface area contributed by atoms with E-state index in [1.807, 2.05) is 52.0 Å². The fraction of sp³-hybridized carbons (Fsp3) is 0.109. The van der Waals surface area contributed by atoms with Crippen LogP contribution in [0.3, 0.4) is 0 Å². The molecule has 76 heavy (non-hydrogen) atoms. The molecule has 0 aliphatic heterocycles. The molecule has 2 atom stereocenters. The monoisotopic (exact) mass is 1460 g/mol. The van der Waals surface area contributed by atoms with Gasteiger partial charge in [0.1, 0.15) is 22.8 Å². The van der Waals surface area contributed by atoms with Crippen LogP contribution in [0.1, 0.15) is 56.0 Å². The summed E-state index contributed by atoms with van der Waals surface area (Å²) in [5.41, 5.74) is 2.03. The number of nitrogens with zero attached hydrogens (tertiary/aromatic N) is 7. The Kier molecular flexibility index (Phi) is 22.0. The molecule has 2 unspecified atom stereocenters. The fourth-order valence-corrected chi connectivity index (χ4v) is 9.94. The van der Waals surface area contributed by atoms with Crippen LogP contribution in [-0.4, -0.2) is 39.7 Å². The zero-order chi connectivity index (χ0) is 54.4. The Morgan fingerprint density at radius 3 is 1.33 bits per heavy atom. The summed E-state index contributed by atoms with van der Waals surface area (Å²) in [4.78, 5) is 46.0. The molecular formula is C55H44Cl2F4N7O4P2Pt2-. The van der Waals surface area contributed by atoms with Crippen LogP contribution in [0, 0.1) is 41.2 Å². The van der Waals surface area contributed by atoms with Crippen molar-refractivity contribution >= 4 is 55.1 Å². The summed E-state index contributed by atoms with van der Waals surface area (Å²) in [6.07, 6.45) is 0. The van der Waals surface area contributed by atoms with E-state index in [2.05, 4.69) is 36.0 Å². The van der Waals surface area contributed by atoms with Gasteiger partial charge in [0.25, 0.3) is 14.7 Å². The van der Waals surface area contributed by atoms with Crippen molar-refractivity contribution in [2.45, 2.75) is 38.5 Å². The minimum absolute atomic E-state index is 0. The summed E-state index contributed by atoms with van der Waals surface area (Å²) >= 11 is -0.472. The van der Waals surface area contributed by atoms with Gasteiger partial charge in [-0.1, -0.05) is 96.6 Å². The van der Waals surface area contributed by atoms with E-state index in [4.69, 9.17) is 24.1 Å². The van der Waals surface area contributed by atoms with Gasteiger partial charge in [0.05, 0.1) is 40.0 Å². The summed E-state index contributed by atoms with van der Waals surface area (Å²) in [7, 11) is 1.99. The van der Waals surface area contributed by atoms with Crippen molar-refractivity contribution in [1.29, 1.82) is 5.26 Å². The van der Waals surface area contributed by atoms with E-state index >= 15 is 0 Å². The number of aromatic nitrogens is 6. The van der Waals surface area contributed by atoms with Crippen LogP contribution >= 0.6 is 33.6 Å². The molecule has 6 aromatic heterocycles.